The number of hydrogen-bond donors (Lipinski definition) is 3. The molecule has 10 heteroatoms. The molecule has 0 saturated heterocycles. The molecule has 0 bridgehead atoms. The number of nitrogens with zero attached hydrogens (tertiary/aromatic N) is 5. The lowest BCUT2D eigenvalue weighted by Crippen LogP contribution is -2.38. The normalized spacial score (nSPS) is 13.4. The SMILES string of the molecule is CCN1C(=O)COc2ccc(Nc3nc(-c4ccc5cn[nH]c5c4)nc4cn[nH]c34)cc21. The van der Waals surface area contributed by atoms with Crippen molar-refractivity contribution in [1.82, 2.24) is 30.4 Å². The Bertz CT molecular complexity index is 1490. The summed E-state index contributed by atoms with van der Waals surface area (Å²) in [5, 5.41) is 18.5. The van der Waals surface area contributed by atoms with E-state index in [4.69, 9.17) is 9.72 Å². The molecule has 2 aromatic carbocycles. The smallest absolute Gasteiger partial charge is 0.265 e. The van der Waals surface area contributed by atoms with Gasteiger partial charge in [0.2, 0.25) is 0 Å². The predicted molar refractivity (Wildman–Crippen MR) is 120 cm³/mol. The van der Waals surface area contributed by atoms with Crippen molar-refractivity contribution >= 4 is 45.0 Å². The summed E-state index contributed by atoms with van der Waals surface area (Å²) in [5.41, 5.74) is 4.64. The molecule has 0 fully saturated rings. The van der Waals surface area contributed by atoms with Gasteiger partial charge in [0.15, 0.2) is 18.2 Å². The van der Waals surface area contributed by atoms with Crippen molar-refractivity contribution in [1.29, 1.82) is 0 Å². The highest BCUT2D eigenvalue weighted by atomic mass is 16.5. The third-order valence-corrected chi connectivity index (χ3v) is 5.48. The molecule has 3 aromatic heterocycles. The molecule has 0 unspecified atom stereocenters. The minimum atomic E-state index is -0.0633. The molecule has 1 aliphatic rings. The summed E-state index contributed by atoms with van der Waals surface area (Å²) in [6.07, 6.45) is 3.44. The zero-order valence-corrected chi connectivity index (χ0v) is 17.1. The van der Waals surface area contributed by atoms with Crippen LogP contribution in [0.5, 0.6) is 5.75 Å². The van der Waals surface area contributed by atoms with Gasteiger partial charge in [-0.3, -0.25) is 15.0 Å². The number of benzene rings is 2. The second-order valence-corrected chi connectivity index (χ2v) is 7.43. The third-order valence-electron chi connectivity index (χ3n) is 5.48. The zero-order chi connectivity index (χ0) is 21.7. The standard InChI is InChI=1S/C22H18N8O2/c1-2-30-17-8-14(5-6-18(17)32-11-19(30)31)25-22-20-16(10-24-29-20)26-21(27-22)12-3-4-13-9-23-28-15(13)7-12/h3-10H,2,11H2,1H3,(H,23,28)(H,24,29)(H,25,26,27). The van der Waals surface area contributed by atoms with E-state index in [0.29, 0.717) is 35.0 Å². The Morgan fingerprint density at radius 1 is 1.09 bits per heavy atom. The highest BCUT2D eigenvalue weighted by Crippen LogP contribution is 2.36. The van der Waals surface area contributed by atoms with E-state index in [-0.39, 0.29) is 12.5 Å². The zero-order valence-electron chi connectivity index (χ0n) is 17.1. The Kier molecular flexibility index (Phi) is 4.03. The van der Waals surface area contributed by atoms with Crippen LogP contribution >= 0.6 is 0 Å². The number of rotatable bonds is 4. The van der Waals surface area contributed by atoms with Crippen LogP contribution in [0.3, 0.4) is 0 Å². The third kappa shape index (κ3) is 2.92. The number of fused-ring (bicyclic) bond motifs is 3. The van der Waals surface area contributed by atoms with Gasteiger partial charge in [0, 0.05) is 23.2 Å². The second kappa shape index (κ2) is 7.05. The van der Waals surface area contributed by atoms with Crippen molar-refractivity contribution in [3.8, 4) is 17.1 Å². The molecule has 0 spiro atoms. The number of hydrogen-bond acceptors (Lipinski definition) is 7. The Labute approximate surface area is 181 Å². The first-order valence-corrected chi connectivity index (χ1v) is 10.2. The highest BCUT2D eigenvalue weighted by molar-refractivity contribution is 5.99. The number of nitrogens with one attached hydrogen (secondary N) is 3. The van der Waals surface area contributed by atoms with Crippen LogP contribution < -0.4 is 15.0 Å². The Hall–Kier alpha value is -4.47. The maximum atomic E-state index is 12.2. The summed E-state index contributed by atoms with van der Waals surface area (Å²) in [4.78, 5) is 23.3. The molecule has 6 rings (SSSR count). The van der Waals surface area contributed by atoms with E-state index in [0.717, 1.165) is 27.8 Å². The fraction of sp³-hybridized carbons (Fsp3) is 0.136. The van der Waals surface area contributed by atoms with E-state index in [1.54, 1.807) is 17.3 Å². The van der Waals surface area contributed by atoms with E-state index < -0.39 is 0 Å². The monoisotopic (exact) mass is 426 g/mol. The van der Waals surface area contributed by atoms with Gasteiger partial charge in [-0.2, -0.15) is 10.2 Å². The summed E-state index contributed by atoms with van der Waals surface area (Å²) in [7, 11) is 0. The van der Waals surface area contributed by atoms with Crippen molar-refractivity contribution in [2.75, 3.05) is 23.4 Å². The minimum Gasteiger partial charge on any atom is -0.482 e. The Morgan fingerprint density at radius 2 is 2.00 bits per heavy atom. The maximum Gasteiger partial charge on any atom is 0.265 e. The number of carbonyl (C=O) groups is 1. The number of ether oxygens (including phenoxy) is 1. The van der Waals surface area contributed by atoms with Crippen molar-refractivity contribution in [3.05, 3.63) is 48.8 Å². The lowest BCUT2D eigenvalue weighted by Gasteiger charge is -2.28. The van der Waals surface area contributed by atoms with E-state index in [1.807, 2.05) is 43.3 Å². The van der Waals surface area contributed by atoms with Gasteiger partial charge in [0.05, 0.1) is 23.6 Å². The second-order valence-electron chi connectivity index (χ2n) is 7.43. The quantitative estimate of drug-likeness (QED) is 0.402. The first kappa shape index (κ1) is 18.3. The molecular formula is C22H18N8O2. The minimum absolute atomic E-state index is 0.0539. The number of carbonyl (C=O) groups excluding carboxylic acids is 1. The number of H-pyrrole nitrogens is 2. The van der Waals surface area contributed by atoms with Crippen molar-refractivity contribution in [2.24, 2.45) is 0 Å². The molecule has 1 amide bonds. The molecule has 0 radical (unpaired) electrons. The number of aromatic nitrogens is 6. The van der Waals surface area contributed by atoms with Crippen LogP contribution in [-0.2, 0) is 4.79 Å². The van der Waals surface area contributed by atoms with Crippen LogP contribution in [-0.4, -0.2) is 49.4 Å². The van der Waals surface area contributed by atoms with Gasteiger partial charge in [-0.15, -0.1) is 0 Å². The first-order chi connectivity index (χ1) is 15.7. The van der Waals surface area contributed by atoms with E-state index >= 15 is 0 Å². The van der Waals surface area contributed by atoms with Crippen molar-refractivity contribution in [2.45, 2.75) is 6.92 Å². The topological polar surface area (TPSA) is 125 Å². The van der Waals surface area contributed by atoms with Crippen molar-refractivity contribution < 1.29 is 9.53 Å². The van der Waals surface area contributed by atoms with Crippen LogP contribution in [0.25, 0.3) is 33.3 Å². The molecule has 158 valence electrons. The fourth-order valence-electron chi connectivity index (χ4n) is 3.90. The lowest BCUT2D eigenvalue weighted by molar-refractivity contribution is -0.121. The highest BCUT2D eigenvalue weighted by Gasteiger charge is 2.24. The molecular weight excluding hydrogens is 408 g/mol. The van der Waals surface area contributed by atoms with Gasteiger partial charge in [0.1, 0.15) is 16.8 Å². The van der Waals surface area contributed by atoms with Crippen LogP contribution in [0.2, 0.25) is 0 Å². The molecule has 5 aromatic rings. The molecule has 32 heavy (non-hydrogen) atoms. The van der Waals surface area contributed by atoms with Gasteiger partial charge >= 0.3 is 0 Å². The number of aromatic amines is 2. The van der Waals surface area contributed by atoms with E-state index in [1.165, 1.54) is 0 Å². The van der Waals surface area contributed by atoms with Gasteiger partial charge in [-0.25, -0.2) is 9.97 Å². The largest absolute Gasteiger partial charge is 0.482 e. The number of amides is 1. The van der Waals surface area contributed by atoms with Gasteiger partial charge in [0.25, 0.3) is 5.91 Å². The lowest BCUT2D eigenvalue weighted by atomic mass is 10.1. The number of anilines is 3. The summed E-state index contributed by atoms with van der Waals surface area (Å²) >= 11 is 0. The van der Waals surface area contributed by atoms with Gasteiger partial charge in [-0.05, 0) is 31.2 Å². The molecule has 0 saturated carbocycles. The molecule has 0 atom stereocenters. The fourth-order valence-corrected chi connectivity index (χ4v) is 3.90. The summed E-state index contributed by atoms with van der Waals surface area (Å²) < 4.78 is 5.57. The molecule has 0 aliphatic carbocycles. The Morgan fingerprint density at radius 3 is 2.91 bits per heavy atom. The van der Waals surface area contributed by atoms with Gasteiger partial charge in [-0.1, -0.05) is 12.1 Å². The van der Waals surface area contributed by atoms with Crippen LogP contribution in [0, 0.1) is 0 Å². The summed E-state index contributed by atoms with van der Waals surface area (Å²) in [6.45, 7) is 2.56. The van der Waals surface area contributed by atoms with Gasteiger partial charge < -0.3 is 15.0 Å². The molecule has 10 nitrogen and oxygen atoms in total. The van der Waals surface area contributed by atoms with Crippen molar-refractivity contribution in [3.63, 3.8) is 0 Å². The molecule has 1 aliphatic heterocycles. The van der Waals surface area contributed by atoms with E-state index in [9.17, 15) is 4.79 Å². The van der Waals surface area contributed by atoms with Crippen LogP contribution in [0.4, 0.5) is 17.2 Å². The molecule has 3 N–H and O–H groups in total. The molecule has 4 heterocycles. The van der Waals surface area contributed by atoms with Crippen LogP contribution in [0.1, 0.15) is 6.92 Å². The summed E-state index contributed by atoms with van der Waals surface area (Å²) in [6, 6.07) is 11.5. The maximum absolute atomic E-state index is 12.2. The average molecular weight is 426 g/mol. The van der Waals surface area contributed by atoms with E-state index in [2.05, 4.69) is 30.7 Å². The Balaban J connectivity index is 1.42. The van der Waals surface area contributed by atoms with Crippen LogP contribution in [0.15, 0.2) is 48.8 Å². The predicted octanol–water partition coefficient (Wildman–Crippen LogP) is 3.39. The summed E-state index contributed by atoms with van der Waals surface area (Å²) in [5.74, 6) is 1.76. The first-order valence-electron chi connectivity index (χ1n) is 10.2. The average Bonchev–Trinajstić information content (AvgIpc) is 3.48. The number of likely N-dealkylation sites (N-methyl/N-ethyl adjacent to an activating group) is 1.